The molecule has 1 atom stereocenters. The highest BCUT2D eigenvalue weighted by Gasteiger charge is 2.23. The number of nitrogens with two attached hydrogens (primary N) is 1. The zero-order chi connectivity index (χ0) is 19.3. The lowest BCUT2D eigenvalue weighted by atomic mass is 10.0. The molecule has 1 fully saturated rings. The Balaban J connectivity index is 2.06. The average molecular weight is 372 g/mol. The topological polar surface area (TPSA) is 86.7 Å². The number of unbranched alkanes of at least 4 members (excludes halogenated alkanes) is 1. The molecule has 0 aromatic heterocycles. The molecule has 148 valence electrons. The van der Waals surface area contributed by atoms with E-state index in [2.05, 4.69) is 23.2 Å². The second-order valence-electron chi connectivity index (χ2n) is 6.86. The summed E-state index contributed by atoms with van der Waals surface area (Å²) in [5.74, 6) is 1.77. The first-order valence-electron chi connectivity index (χ1n) is 10.2. The summed E-state index contributed by atoms with van der Waals surface area (Å²) in [6.45, 7) is 5.37. The Hall–Kier alpha value is -2.26. The van der Waals surface area contributed by atoms with E-state index in [1.807, 2.05) is 24.3 Å². The molecule has 1 aromatic rings. The minimum Gasteiger partial charge on any atom is -0.494 e. The van der Waals surface area contributed by atoms with E-state index in [4.69, 9.17) is 20.7 Å². The molecular weight excluding hydrogens is 338 g/mol. The van der Waals surface area contributed by atoms with Crippen molar-refractivity contribution >= 4 is 11.6 Å². The van der Waals surface area contributed by atoms with Crippen molar-refractivity contribution in [3.8, 4) is 11.8 Å². The maximum atomic E-state index is 8.57. The van der Waals surface area contributed by atoms with Crippen molar-refractivity contribution in [3.63, 3.8) is 0 Å². The standard InChI is InChI=1S/C21H33N5O/c1-2-19-8-3-5-16-26(19)21(24-15-7-14-23)25-18-9-11-20(12-10-18)27-17-6-4-13-22/h9-12,19H,2-8,14-17,23H2,1H3,(H,24,25). The van der Waals surface area contributed by atoms with Gasteiger partial charge in [-0.05, 0) is 69.3 Å². The van der Waals surface area contributed by atoms with Crippen LogP contribution in [0.15, 0.2) is 29.3 Å². The first-order chi connectivity index (χ1) is 13.3. The molecule has 1 aromatic carbocycles. The van der Waals surface area contributed by atoms with Gasteiger partial charge in [-0.15, -0.1) is 0 Å². The molecule has 6 heteroatoms. The maximum Gasteiger partial charge on any atom is 0.199 e. The fraction of sp³-hybridized carbons (Fsp3) is 0.619. The summed E-state index contributed by atoms with van der Waals surface area (Å²) >= 11 is 0. The van der Waals surface area contributed by atoms with Crippen LogP contribution < -0.4 is 15.8 Å². The van der Waals surface area contributed by atoms with Crippen molar-refractivity contribution < 1.29 is 4.74 Å². The van der Waals surface area contributed by atoms with E-state index in [1.54, 1.807) is 0 Å². The van der Waals surface area contributed by atoms with Gasteiger partial charge in [-0.1, -0.05) is 6.92 Å². The van der Waals surface area contributed by atoms with E-state index < -0.39 is 0 Å². The highest BCUT2D eigenvalue weighted by Crippen LogP contribution is 2.23. The van der Waals surface area contributed by atoms with Crippen LogP contribution in [0.4, 0.5) is 5.69 Å². The number of likely N-dealkylation sites (tertiary alicyclic amines) is 1. The SMILES string of the molecule is CCC1CCCCN1/C(=N\c1ccc(OCCCC#N)cc1)NCCCN. The van der Waals surface area contributed by atoms with Gasteiger partial charge in [0.15, 0.2) is 5.96 Å². The van der Waals surface area contributed by atoms with Crippen LogP contribution in [-0.2, 0) is 0 Å². The van der Waals surface area contributed by atoms with Crippen LogP contribution in [0.5, 0.6) is 5.75 Å². The summed E-state index contributed by atoms with van der Waals surface area (Å²) in [6, 6.07) is 10.5. The van der Waals surface area contributed by atoms with Crippen molar-refractivity contribution in [1.29, 1.82) is 5.26 Å². The summed E-state index contributed by atoms with van der Waals surface area (Å²) in [5, 5.41) is 12.1. The van der Waals surface area contributed by atoms with Crippen LogP contribution in [0.1, 0.15) is 51.9 Å². The molecule has 0 bridgehead atoms. The number of rotatable bonds is 9. The number of hydrogen-bond donors (Lipinski definition) is 2. The molecule has 1 heterocycles. The van der Waals surface area contributed by atoms with E-state index in [-0.39, 0.29) is 0 Å². The molecular formula is C21H33N5O. The zero-order valence-corrected chi connectivity index (χ0v) is 16.5. The number of benzene rings is 1. The number of hydrogen-bond acceptors (Lipinski definition) is 4. The van der Waals surface area contributed by atoms with E-state index in [9.17, 15) is 0 Å². The maximum absolute atomic E-state index is 8.57. The summed E-state index contributed by atoms with van der Waals surface area (Å²) in [4.78, 5) is 7.32. The summed E-state index contributed by atoms with van der Waals surface area (Å²) in [7, 11) is 0. The first-order valence-corrected chi connectivity index (χ1v) is 10.2. The number of nitrogens with zero attached hydrogens (tertiary/aromatic N) is 3. The Bertz CT molecular complexity index is 608. The smallest absolute Gasteiger partial charge is 0.199 e. The van der Waals surface area contributed by atoms with Gasteiger partial charge in [0.1, 0.15) is 5.75 Å². The third-order valence-electron chi connectivity index (χ3n) is 4.81. The molecule has 1 unspecified atom stereocenters. The lowest BCUT2D eigenvalue weighted by Crippen LogP contribution is -2.49. The van der Waals surface area contributed by atoms with E-state index in [0.717, 1.165) is 49.7 Å². The Labute approximate surface area is 163 Å². The number of nitrogens with one attached hydrogen (secondary N) is 1. The molecule has 1 saturated heterocycles. The fourth-order valence-electron chi connectivity index (χ4n) is 3.29. The molecule has 1 aliphatic heterocycles. The Morgan fingerprint density at radius 3 is 2.85 bits per heavy atom. The fourth-order valence-corrected chi connectivity index (χ4v) is 3.29. The number of piperidine rings is 1. The van der Waals surface area contributed by atoms with Gasteiger partial charge >= 0.3 is 0 Å². The molecule has 0 aliphatic carbocycles. The minimum absolute atomic E-state index is 0.522. The van der Waals surface area contributed by atoms with Gasteiger partial charge in [0.2, 0.25) is 0 Å². The number of ether oxygens (including phenoxy) is 1. The zero-order valence-electron chi connectivity index (χ0n) is 16.5. The Kier molecular flexibility index (Phi) is 9.50. The first kappa shape index (κ1) is 21.0. The van der Waals surface area contributed by atoms with Crippen molar-refractivity contribution in [2.75, 3.05) is 26.2 Å². The highest BCUT2D eigenvalue weighted by atomic mass is 16.5. The second-order valence-corrected chi connectivity index (χ2v) is 6.86. The molecule has 0 radical (unpaired) electrons. The van der Waals surface area contributed by atoms with Gasteiger partial charge in [-0.3, -0.25) is 0 Å². The van der Waals surface area contributed by atoms with Crippen LogP contribution >= 0.6 is 0 Å². The molecule has 2 rings (SSSR count). The molecule has 3 N–H and O–H groups in total. The van der Waals surface area contributed by atoms with Crippen LogP contribution in [0, 0.1) is 11.3 Å². The van der Waals surface area contributed by atoms with Gasteiger partial charge in [-0.2, -0.15) is 5.26 Å². The largest absolute Gasteiger partial charge is 0.494 e. The quantitative estimate of drug-likeness (QED) is 0.394. The van der Waals surface area contributed by atoms with E-state index in [1.165, 1.54) is 19.3 Å². The van der Waals surface area contributed by atoms with Crippen molar-refractivity contribution in [1.82, 2.24) is 10.2 Å². The van der Waals surface area contributed by atoms with Crippen LogP contribution in [0.2, 0.25) is 0 Å². The molecule has 27 heavy (non-hydrogen) atoms. The van der Waals surface area contributed by atoms with Crippen molar-refractivity contribution in [2.45, 2.75) is 57.9 Å². The molecule has 0 saturated carbocycles. The number of nitriles is 1. The summed E-state index contributed by atoms with van der Waals surface area (Å²) < 4.78 is 5.66. The van der Waals surface area contributed by atoms with E-state index >= 15 is 0 Å². The lowest BCUT2D eigenvalue weighted by molar-refractivity contribution is 0.229. The average Bonchev–Trinajstić information content (AvgIpc) is 2.71. The van der Waals surface area contributed by atoms with Gasteiger partial charge in [-0.25, -0.2) is 4.99 Å². The van der Waals surface area contributed by atoms with Gasteiger partial charge in [0.05, 0.1) is 18.4 Å². The molecule has 1 aliphatic rings. The lowest BCUT2D eigenvalue weighted by Gasteiger charge is -2.37. The minimum atomic E-state index is 0.522. The Morgan fingerprint density at radius 2 is 2.15 bits per heavy atom. The van der Waals surface area contributed by atoms with E-state index in [0.29, 0.717) is 25.6 Å². The summed E-state index contributed by atoms with van der Waals surface area (Å²) in [6.07, 6.45) is 7.07. The molecule has 0 amide bonds. The third kappa shape index (κ3) is 7.10. The van der Waals surface area contributed by atoms with Crippen molar-refractivity contribution in [3.05, 3.63) is 24.3 Å². The third-order valence-corrected chi connectivity index (χ3v) is 4.81. The van der Waals surface area contributed by atoms with Gasteiger partial charge < -0.3 is 20.7 Å². The Morgan fingerprint density at radius 1 is 1.33 bits per heavy atom. The van der Waals surface area contributed by atoms with Crippen LogP contribution in [-0.4, -0.2) is 43.1 Å². The molecule has 0 spiro atoms. The predicted octanol–water partition coefficient (Wildman–Crippen LogP) is 3.56. The number of guanidine groups is 1. The monoisotopic (exact) mass is 371 g/mol. The predicted molar refractivity (Wildman–Crippen MR) is 110 cm³/mol. The van der Waals surface area contributed by atoms with Crippen LogP contribution in [0.25, 0.3) is 0 Å². The van der Waals surface area contributed by atoms with Crippen molar-refractivity contribution in [2.24, 2.45) is 10.7 Å². The van der Waals surface area contributed by atoms with Gasteiger partial charge in [0.25, 0.3) is 0 Å². The normalized spacial score (nSPS) is 17.4. The summed E-state index contributed by atoms with van der Waals surface area (Å²) in [5.41, 5.74) is 6.56. The second kappa shape index (κ2) is 12.2. The highest BCUT2D eigenvalue weighted by molar-refractivity contribution is 5.83. The molecule has 6 nitrogen and oxygen atoms in total. The van der Waals surface area contributed by atoms with Gasteiger partial charge in [0, 0.05) is 25.6 Å². The number of aliphatic imine (C=N–C) groups is 1. The van der Waals surface area contributed by atoms with Crippen LogP contribution in [0.3, 0.4) is 0 Å².